The van der Waals surface area contributed by atoms with Crippen molar-refractivity contribution in [1.82, 2.24) is 4.98 Å². The van der Waals surface area contributed by atoms with Gasteiger partial charge in [0.1, 0.15) is 0 Å². The van der Waals surface area contributed by atoms with Crippen molar-refractivity contribution >= 4 is 16.6 Å². The molecule has 0 bridgehead atoms. The van der Waals surface area contributed by atoms with Gasteiger partial charge < -0.3 is 10.6 Å². The Morgan fingerprint density at radius 3 is 3.06 bits per heavy atom. The Morgan fingerprint density at radius 1 is 1.28 bits per heavy atom. The van der Waals surface area contributed by atoms with E-state index in [0.717, 1.165) is 25.2 Å². The number of benzene rings is 1. The summed E-state index contributed by atoms with van der Waals surface area (Å²) in [6, 6.07) is 10.5. The fourth-order valence-corrected chi connectivity index (χ4v) is 2.83. The van der Waals surface area contributed by atoms with Gasteiger partial charge in [-0.2, -0.15) is 0 Å². The molecule has 1 aromatic carbocycles. The molecule has 0 amide bonds. The fourth-order valence-electron chi connectivity index (χ4n) is 2.83. The van der Waals surface area contributed by atoms with Crippen molar-refractivity contribution in [2.24, 2.45) is 11.7 Å². The topological polar surface area (TPSA) is 42.1 Å². The van der Waals surface area contributed by atoms with Gasteiger partial charge in [-0.25, -0.2) is 0 Å². The minimum absolute atomic E-state index is 0.630. The van der Waals surface area contributed by atoms with Gasteiger partial charge >= 0.3 is 0 Å². The number of fused-ring (bicyclic) bond motifs is 1. The van der Waals surface area contributed by atoms with Crippen LogP contribution in [0.15, 0.2) is 36.5 Å². The standard InChI is InChI=1S/C15H19N3/c16-10-12-4-3-9-18(11-12)15-7-8-17-14-6-2-1-5-13(14)15/h1-2,5-8,12H,3-4,9-11,16H2. The van der Waals surface area contributed by atoms with Crippen molar-refractivity contribution in [1.29, 1.82) is 0 Å². The maximum atomic E-state index is 5.82. The van der Waals surface area contributed by atoms with Crippen LogP contribution in [0.4, 0.5) is 5.69 Å². The first-order valence-electron chi connectivity index (χ1n) is 6.67. The normalized spacial score (nSPS) is 20.3. The van der Waals surface area contributed by atoms with Crippen LogP contribution in [0.1, 0.15) is 12.8 Å². The van der Waals surface area contributed by atoms with Crippen molar-refractivity contribution in [3.05, 3.63) is 36.5 Å². The van der Waals surface area contributed by atoms with Gasteiger partial charge in [0.05, 0.1) is 5.52 Å². The van der Waals surface area contributed by atoms with Gasteiger partial charge in [-0.3, -0.25) is 4.98 Å². The Kier molecular flexibility index (Phi) is 3.15. The Bertz CT molecular complexity index is 533. The van der Waals surface area contributed by atoms with Crippen molar-refractivity contribution in [3.63, 3.8) is 0 Å². The van der Waals surface area contributed by atoms with E-state index in [1.165, 1.54) is 23.9 Å². The van der Waals surface area contributed by atoms with Crippen molar-refractivity contribution in [2.75, 3.05) is 24.5 Å². The molecule has 0 saturated carbocycles. The maximum absolute atomic E-state index is 5.82. The molecule has 1 aromatic heterocycles. The van der Waals surface area contributed by atoms with Gasteiger partial charge in [0.15, 0.2) is 0 Å². The summed E-state index contributed by atoms with van der Waals surface area (Å²) < 4.78 is 0. The highest BCUT2D eigenvalue weighted by molar-refractivity contribution is 5.91. The van der Waals surface area contributed by atoms with Crippen LogP contribution in [-0.2, 0) is 0 Å². The van der Waals surface area contributed by atoms with E-state index >= 15 is 0 Å². The number of nitrogens with zero attached hydrogens (tertiary/aromatic N) is 2. The van der Waals surface area contributed by atoms with Crippen LogP contribution in [0.3, 0.4) is 0 Å². The second-order valence-electron chi connectivity index (χ2n) is 5.04. The lowest BCUT2D eigenvalue weighted by molar-refractivity contribution is 0.424. The number of pyridine rings is 1. The number of aromatic nitrogens is 1. The summed E-state index contributed by atoms with van der Waals surface area (Å²) in [5.74, 6) is 0.630. The molecule has 2 N–H and O–H groups in total. The van der Waals surface area contributed by atoms with Gasteiger partial charge in [-0.05, 0) is 37.4 Å². The zero-order valence-corrected chi connectivity index (χ0v) is 10.5. The smallest absolute Gasteiger partial charge is 0.0722 e. The van der Waals surface area contributed by atoms with Crippen LogP contribution in [0.25, 0.3) is 10.9 Å². The van der Waals surface area contributed by atoms with Crippen LogP contribution < -0.4 is 10.6 Å². The summed E-state index contributed by atoms with van der Waals surface area (Å²) in [5, 5.41) is 1.25. The Hall–Kier alpha value is -1.61. The first kappa shape index (κ1) is 11.5. The van der Waals surface area contributed by atoms with Gasteiger partial charge in [-0.1, -0.05) is 18.2 Å². The molecule has 1 aliphatic heterocycles. The number of piperidine rings is 1. The van der Waals surface area contributed by atoms with E-state index in [2.05, 4.69) is 34.1 Å². The number of hydrogen-bond donors (Lipinski definition) is 1. The molecule has 1 unspecified atom stereocenters. The van der Waals surface area contributed by atoms with Gasteiger partial charge in [0.2, 0.25) is 0 Å². The lowest BCUT2D eigenvalue weighted by Crippen LogP contribution is -2.38. The molecule has 94 valence electrons. The molecule has 2 heterocycles. The second-order valence-corrected chi connectivity index (χ2v) is 5.04. The quantitative estimate of drug-likeness (QED) is 0.878. The van der Waals surface area contributed by atoms with Gasteiger partial charge in [-0.15, -0.1) is 0 Å². The number of nitrogens with two attached hydrogens (primary N) is 1. The van der Waals surface area contributed by atoms with E-state index in [9.17, 15) is 0 Å². The van der Waals surface area contributed by atoms with Gasteiger partial charge in [0.25, 0.3) is 0 Å². The minimum atomic E-state index is 0.630. The van der Waals surface area contributed by atoms with Crippen LogP contribution in [0.2, 0.25) is 0 Å². The highest BCUT2D eigenvalue weighted by Crippen LogP contribution is 2.28. The number of para-hydroxylation sites is 1. The van der Waals surface area contributed by atoms with Crippen LogP contribution in [0, 0.1) is 5.92 Å². The summed E-state index contributed by atoms with van der Waals surface area (Å²) in [4.78, 5) is 6.89. The van der Waals surface area contributed by atoms with E-state index < -0.39 is 0 Å². The number of hydrogen-bond acceptors (Lipinski definition) is 3. The molecule has 2 aromatic rings. The largest absolute Gasteiger partial charge is 0.371 e. The average Bonchev–Trinajstić information content (AvgIpc) is 2.47. The molecule has 0 radical (unpaired) electrons. The molecule has 1 fully saturated rings. The lowest BCUT2D eigenvalue weighted by atomic mass is 9.97. The third kappa shape index (κ3) is 2.06. The van der Waals surface area contributed by atoms with Crippen molar-refractivity contribution in [3.8, 4) is 0 Å². The van der Waals surface area contributed by atoms with E-state index in [-0.39, 0.29) is 0 Å². The predicted molar refractivity (Wildman–Crippen MR) is 75.7 cm³/mol. The first-order chi connectivity index (χ1) is 8.88. The fraction of sp³-hybridized carbons (Fsp3) is 0.400. The molecular weight excluding hydrogens is 222 g/mol. The zero-order chi connectivity index (χ0) is 12.4. The average molecular weight is 241 g/mol. The highest BCUT2D eigenvalue weighted by Gasteiger charge is 2.20. The SMILES string of the molecule is NCC1CCCN(c2ccnc3ccccc23)C1. The molecule has 0 spiro atoms. The third-order valence-electron chi connectivity index (χ3n) is 3.82. The lowest BCUT2D eigenvalue weighted by Gasteiger charge is -2.34. The number of rotatable bonds is 2. The van der Waals surface area contributed by atoms with Crippen LogP contribution in [-0.4, -0.2) is 24.6 Å². The predicted octanol–water partition coefficient (Wildman–Crippen LogP) is 2.41. The summed E-state index contributed by atoms with van der Waals surface area (Å²) in [6.07, 6.45) is 4.40. The summed E-state index contributed by atoms with van der Waals surface area (Å²) in [6.45, 7) is 2.99. The van der Waals surface area contributed by atoms with E-state index in [0.29, 0.717) is 5.92 Å². The molecule has 0 aliphatic carbocycles. The molecule has 1 atom stereocenters. The monoisotopic (exact) mass is 241 g/mol. The van der Waals surface area contributed by atoms with Gasteiger partial charge in [0, 0.05) is 30.4 Å². The molecule has 18 heavy (non-hydrogen) atoms. The maximum Gasteiger partial charge on any atom is 0.0722 e. The van der Waals surface area contributed by atoms with E-state index in [1.54, 1.807) is 0 Å². The van der Waals surface area contributed by atoms with Crippen LogP contribution in [0.5, 0.6) is 0 Å². The molecule has 3 nitrogen and oxygen atoms in total. The van der Waals surface area contributed by atoms with Crippen molar-refractivity contribution < 1.29 is 0 Å². The minimum Gasteiger partial charge on any atom is -0.371 e. The summed E-state index contributed by atoms with van der Waals surface area (Å²) >= 11 is 0. The Labute approximate surface area is 108 Å². The highest BCUT2D eigenvalue weighted by atomic mass is 15.1. The Morgan fingerprint density at radius 2 is 2.17 bits per heavy atom. The molecular formula is C15H19N3. The summed E-state index contributed by atoms with van der Waals surface area (Å²) in [5.41, 5.74) is 8.20. The molecule has 1 saturated heterocycles. The zero-order valence-electron chi connectivity index (χ0n) is 10.5. The van der Waals surface area contributed by atoms with Crippen LogP contribution >= 0.6 is 0 Å². The molecule has 1 aliphatic rings. The summed E-state index contributed by atoms with van der Waals surface area (Å²) in [7, 11) is 0. The Balaban J connectivity index is 1.98. The third-order valence-corrected chi connectivity index (χ3v) is 3.82. The van der Waals surface area contributed by atoms with Crippen molar-refractivity contribution in [2.45, 2.75) is 12.8 Å². The second kappa shape index (κ2) is 4.94. The van der Waals surface area contributed by atoms with E-state index in [4.69, 9.17) is 5.73 Å². The molecule has 3 rings (SSSR count). The molecule has 3 heteroatoms. The number of anilines is 1. The first-order valence-corrected chi connectivity index (χ1v) is 6.67. The van der Waals surface area contributed by atoms with E-state index in [1.807, 2.05) is 12.3 Å².